The summed E-state index contributed by atoms with van der Waals surface area (Å²) in [6.07, 6.45) is -1.10. The van der Waals surface area contributed by atoms with Crippen LogP contribution < -0.4 is 10.5 Å². The number of methoxy groups -OCH3 is 1. The van der Waals surface area contributed by atoms with Crippen molar-refractivity contribution in [2.75, 3.05) is 7.11 Å². The lowest BCUT2D eigenvalue weighted by molar-refractivity contribution is 0.148. The van der Waals surface area contributed by atoms with E-state index in [0.717, 1.165) is 0 Å². The summed E-state index contributed by atoms with van der Waals surface area (Å²) in [5, 5.41) is 9.55. The van der Waals surface area contributed by atoms with Gasteiger partial charge in [-0.25, -0.2) is 4.39 Å². The number of hydrogen-bond donors (Lipinski definition) is 2. The fourth-order valence-electron chi connectivity index (χ4n) is 1.20. The first-order valence-corrected chi connectivity index (χ1v) is 4.81. The van der Waals surface area contributed by atoms with Gasteiger partial charge in [0.25, 0.3) is 0 Å². The Labute approximate surface area is 92.6 Å². The maximum absolute atomic E-state index is 13.5. The molecule has 1 aromatic carbocycles. The van der Waals surface area contributed by atoms with Gasteiger partial charge in [0.1, 0.15) is 11.6 Å². The lowest BCUT2D eigenvalue weighted by Gasteiger charge is -2.17. The Morgan fingerprint density at radius 3 is 2.60 bits per heavy atom. The normalized spacial score (nSPS) is 14.8. The van der Waals surface area contributed by atoms with Gasteiger partial charge in [-0.05, 0) is 13.0 Å². The van der Waals surface area contributed by atoms with Gasteiger partial charge in [0, 0.05) is 17.7 Å². The predicted octanol–water partition coefficient (Wildman–Crippen LogP) is 1.87. The first-order valence-electron chi connectivity index (χ1n) is 4.44. The fourth-order valence-corrected chi connectivity index (χ4v) is 1.42. The minimum atomic E-state index is -1.10. The topological polar surface area (TPSA) is 55.5 Å². The highest BCUT2D eigenvalue weighted by atomic mass is 35.5. The van der Waals surface area contributed by atoms with Crippen LogP contribution in [0.25, 0.3) is 0 Å². The van der Waals surface area contributed by atoms with Crippen LogP contribution in [0, 0.1) is 5.82 Å². The molecule has 0 saturated carbocycles. The molecule has 0 saturated heterocycles. The van der Waals surface area contributed by atoms with Gasteiger partial charge in [0.15, 0.2) is 0 Å². The quantitative estimate of drug-likeness (QED) is 0.838. The third-order valence-corrected chi connectivity index (χ3v) is 2.36. The molecule has 0 aliphatic rings. The van der Waals surface area contributed by atoms with Crippen LogP contribution in [-0.2, 0) is 0 Å². The standard InChI is InChI=1S/C10H13ClFNO2/c1-5(13)10(14)7-3-6(15-2)4-8(11)9(7)12/h3-5,10,14H,13H2,1-2H3. The molecule has 1 rings (SSSR count). The molecule has 0 heterocycles. The van der Waals surface area contributed by atoms with Crippen molar-refractivity contribution in [2.24, 2.45) is 5.73 Å². The Bertz CT molecular complexity index is 358. The van der Waals surface area contributed by atoms with Gasteiger partial charge in [-0.15, -0.1) is 0 Å². The molecule has 0 spiro atoms. The molecule has 0 aliphatic carbocycles. The summed E-state index contributed by atoms with van der Waals surface area (Å²) in [5.74, 6) is -0.279. The van der Waals surface area contributed by atoms with E-state index < -0.39 is 18.0 Å². The third-order valence-electron chi connectivity index (χ3n) is 2.08. The largest absolute Gasteiger partial charge is 0.497 e. The Balaban J connectivity index is 3.21. The van der Waals surface area contributed by atoms with Gasteiger partial charge in [-0.1, -0.05) is 11.6 Å². The first kappa shape index (κ1) is 12.2. The fraction of sp³-hybridized carbons (Fsp3) is 0.400. The van der Waals surface area contributed by atoms with Gasteiger partial charge >= 0.3 is 0 Å². The van der Waals surface area contributed by atoms with Crippen LogP contribution in [0.15, 0.2) is 12.1 Å². The smallest absolute Gasteiger partial charge is 0.147 e. The van der Waals surface area contributed by atoms with Crippen LogP contribution >= 0.6 is 11.6 Å². The molecule has 2 unspecified atom stereocenters. The second-order valence-electron chi connectivity index (χ2n) is 3.32. The zero-order chi connectivity index (χ0) is 11.6. The number of rotatable bonds is 3. The number of benzene rings is 1. The second-order valence-corrected chi connectivity index (χ2v) is 3.72. The van der Waals surface area contributed by atoms with Gasteiger partial charge in [0.05, 0.1) is 18.2 Å². The molecule has 15 heavy (non-hydrogen) atoms. The lowest BCUT2D eigenvalue weighted by atomic mass is 10.0. The summed E-state index contributed by atoms with van der Waals surface area (Å²) in [4.78, 5) is 0. The summed E-state index contributed by atoms with van der Waals surface area (Å²) in [5.41, 5.74) is 5.53. The number of nitrogens with two attached hydrogens (primary N) is 1. The van der Waals surface area contributed by atoms with Crippen molar-refractivity contribution >= 4 is 11.6 Å². The number of hydrogen-bond acceptors (Lipinski definition) is 3. The minimum absolute atomic E-state index is 0.0503. The van der Waals surface area contributed by atoms with E-state index >= 15 is 0 Å². The van der Waals surface area contributed by atoms with E-state index in [0.29, 0.717) is 5.75 Å². The predicted molar refractivity (Wildman–Crippen MR) is 56.6 cm³/mol. The van der Waals surface area contributed by atoms with Gasteiger partial charge in [0.2, 0.25) is 0 Å². The van der Waals surface area contributed by atoms with Crippen molar-refractivity contribution in [3.05, 3.63) is 28.5 Å². The average Bonchev–Trinajstić information content (AvgIpc) is 2.20. The van der Waals surface area contributed by atoms with E-state index in [9.17, 15) is 9.50 Å². The molecular weight excluding hydrogens is 221 g/mol. The lowest BCUT2D eigenvalue weighted by Crippen LogP contribution is -2.25. The highest BCUT2D eigenvalue weighted by Crippen LogP contribution is 2.30. The summed E-state index contributed by atoms with van der Waals surface area (Å²) in [6, 6.07) is 2.14. The van der Waals surface area contributed by atoms with Crippen molar-refractivity contribution in [1.29, 1.82) is 0 Å². The van der Waals surface area contributed by atoms with E-state index in [4.69, 9.17) is 22.1 Å². The van der Waals surface area contributed by atoms with Crippen molar-refractivity contribution in [1.82, 2.24) is 0 Å². The molecule has 0 amide bonds. The van der Waals surface area contributed by atoms with Crippen molar-refractivity contribution in [2.45, 2.75) is 19.1 Å². The van der Waals surface area contributed by atoms with Gasteiger partial charge in [-0.3, -0.25) is 0 Å². The molecule has 2 atom stereocenters. The van der Waals surface area contributed by atoms with Crippen molar-refractivity contribution in [3.8, 4) is 5.75 Å². The van der Waals surface area contributed by atoms with Crippen LogP contribution in [0.3, 0.4) is 0 Å². The van der Waals surface area contributed by atoms with E-state index in [2.05, 4.69) is 0 Å². The Hall–Kier alpha value is -0.840. The van der Waals surface area contributed by atoms with Crippen LogP contribution in [0.2, 0.25) is 5.02 Å². The molecule has 0 radical (unpaired) electrons. The maximum Gasteiger partial charge on any atom is 0.147 e. The summed E-state index contributed by atoms with van der Waals surface area (Å²) < 4.78 is 18.4. The minimum Gasteiger partial charge on any atom is -0.497 e. The summed E-state index contributed by atoms with van der Waals surface area (Å²) >= 11 is 5.64. The third kappa shape index (κ3) is 2.59. The molecule has 0 aromatic heterocycles. The van der Waals surface area contributed by atoms with E-state index in [-0.39, 0.29) is 10.6 Å². The molecule has 5 heteroatoms. The zero-order valence-corrected chi connectivity index (χ0v) is 9.25. The Morgan fingerprint density at radius 2 is 2.13 bits per heavy atom. The maximum atomic E-state index is 13.5. The highest BCUT2D eigenvalue weighted by molar-refractivity contribution is 6.31. The molecule has 3 N–H and O–H groups in total. The number of ether oxygens (including phenoxy) is 1. The number of aliphatic hydroxyl groups is 1. The van der Waals surface area contributed by atoms with Crippen LogP contribution in [0.1, 0.15) is 18.6 Å². The zero-order valence-electron chi connectivity index (χ0n) is 8.50. The van der Waals surface area contributed by atoms with Gasteiger partial charge in [-0.2, -0.15) is 0 Å². The summed E-state index contributed by atoms with van der Waals surface area (Å²) in [6.45, 7) is 1.58. The number of halogens is 2. The molecule has 3 nitrogen and oxygen atoms in total. The van der Waals surface area contributed by atoms with E-state index in [1.807, 2.05) is 0 Å². The first-order chi connectivity index (χ1) is 6.97. The van der Waals surface area contributed by atoms with E-state index in [1.165, 1.54) is 19.2 Å². The Kier molecular flexibility index (Phi) is 3.90. The van der Waals surface area contributed by atoms with E-state index in [1.54, 1.807) is 6.92 Å². The molecule has 1 aromatic rings. The van der Waals surface area contributed by atoms with Crippen LogP contribution in [0.5, 0.6) is 5.75 Å². The average molecular weight is 234 g/mol. The van der Waals surface area contributed by atoms with Gasteiger partial charge < -0.3 is 15.6 Å². The number of aliphatic hydroxyl groups excluding tert-OH is 1. The molecule has 0 bridgehead atoms. The van der Waals surface area contributed by atoms with Crippen molar-refractivity contribution < 1.29 is 14.2 Å². The SMILES string of the molecule is COc1cc(Cl)c(F)c(C(O)C(C)N)c1. The highest BCUT2D eigenvalue weighted by Gasteiger charge is 2.20. The Morgan fingerprint density at radius 1 is 1.53 bits per heavy atom. The summed E-state index contributed by atoms with van der Waals surface area (Å²) in [7, 11) is 1.44. The molecule has 84 valence electrons. The molecular formula is C10H13ClFNO2. The molecule has 0 fully saturated rings. The van der Waals surface area contributed by atoms with Crippen molar-refractivity contribution in [3.63, 3.8) is 0 Å². The monoisotopic (exact) mass is 233 g/mol. The second kappa shape index (κ2) is 4.79. The van der Waals surface area contributed by atoms with Crippen LogP contribution in [0.4, 0.5) is 4.39 Å². The van der Waals surface area contributed by atoms with Crippen LogP contribution in [-0.4, -0.2) is 18.3 Å². The molecule has 0 aliphatic heterocycles.